The van der Waals surface area contributed by atoms with Crippen LogP contribution < -0.4 is 4.74 Å². The van der Waals surface area contributed by atoms with E-state index in [1.54, 1.807) is 10.7 Å². The van der Waals surface area contributed by atoms with Gasteiger partial charge in [0.15, 0.2) is 0 Å². The van der Waals surface area contributed by atoms with Gasteiger partial charge in [-0.15, -0.1) is 0 Å². The molecule has 17 heavy (non-hydrogen) atoms. The number of nitro groups is 1. The summed E-state index contributed by atoms with van der Waals surface area (Å²) in [5.74, 6) is 0.561. The Kier molecular flexibility index (Phi) is 5.51. The van der Waals surface area contributed by atoms with Crippen LogP contribution in [-0.2, 0) is 13.5 Å². The van der Waals surface area contributed by atoms with Gasteiger partial charge >= 0.3 is 112 Å². The number of nitrogens with zero attached hydrogens (tertiary/aromatic N) is 1. The van der Waals surface area contributed by atoms with Crippen LogP contribution in [0.4, 0.5) is 5.69 Å². The molecule has 0 atom stereocenters. The van der Waals surface area contributed by atoms with E-state index in [1.807, 2.05) is 13.8 Å². The van der Waals surface area contributed by atoms with E-state index in [9.17, 15) is 10.1 Å². The van der Waals surface area contributed by atoms with Crippen molar-refractivity contribution in [2.24, 2.45) is 0 Å². The molecule has 0 fully saturated rings. The van der Waals surface area contributed by atoms with Gasteiger partial charge < -0.3 is 0 Å². The Morgan fingerprint density at radius 3 is 2.59 bits per heavy atom. The van der Waals surface area contributed by atoms with E-state index in [0.29, 0.717) is 11.3 Å². The van der Waals surface area contributed by atoms with Crippen molar-refractivity contribution >= 4 is 29.7 Å². The van der Waals surface area contributed by atoms with Crippen LogP contribution in [0.15, 0.2) is 18.2 Å². The zero-order valence-corrected chi connectivity index (χ0v) is 12.4. The fraction of sp³-hybridized carbons (Fsp3) is 0.300. The van der Waals surface area contributed by atoms with Crippen molar-refractivity contribution in [2.75, 3.05) is 0 Å². The van der Waals surface area contributed by atoms with E-state index >= 15 is 0 Å². The number of rotatable bonds is 4. The van der Waals surface area contributed by atoms with Gasteiger partial charge in [0.25, 0.3) is 0 Å². The molecule has 0 aliphatic heterocycles. The Morgan fingerprint density at radius 1 is 1.47 bits per heavy atom. The number of hydrogen-bond acceptors (Lipinski definition) is 3. The first kappa shape index (κ1) is 14.6. The van der Waals surface area contributed by atoms with Gasteiger partial charge in [0, 0.05) is 0 Å². The van der Waals surface area contributed by atoms with Crippen molar-refractivity contribution in [1.82, 2.24) is 0 Å². The van der Waals surface area contributed by atoms with Crippen molar-refractivity contribution < 1.29 is 23.2 Å². The summed E-state index contributed by atoms with van der Waals surface area (Å²) in [6, 6.07) is 4.38. The second-order valence-corrected chi connectivity index (χ2v) is 9.18. The summed E-state index contributed by atoms with van der Waals surface area (Å²) >= 11 is -2.05. The Bertz CT molecular complexity index is 459. The standard InChI is InChI=1S/C10H11NO3.2ClH.Ru/c1-7(2)14-10-5-4-9(11(12)13)6-8(10)3;;;/h3-7H,1-2H3;2*1H;/q;;;+2/p-2. The zero-order valence-electron chi connectivity index (χ0n) is 9.17. The van der Waals surface area contributed by atoms with Crippen LogP contribution in [0.3, 0.4) is 0 Å². The monoisotopic (exact) mass is 365 g/mol. The third kappa shape index (κ3) is 4.70. The van der Waals surface area contributed by atoms with Crippen molar-refractivity contribution in [3.05, 3.63) is 33.9 Å². The molecule has 0 amide bonds. The molecule has 0 unspecified atom stereocenters. The molecule has 0 saturated heterocycles. The fourth-order valence-electron chi connectivity index (χ4n) is 1.17. The summed E-state index contributed by atoms with van der Waals surface area (Å²) in [5, 5.41) is 10.7. The molecule has 0 spiro atoms. The molecular weight excluding hydrogens is 354 g/mol. The molecule has 0 saturated carbocycles. The quantitative estimate of drug-likeness (QED) is 0.467. The molecule has 0 heterocycles. The summed E-state index contributed by atoms with van der Waals surface area (Å²) in [4.78, 5) is 10.2. The first-order chi connectivity index (χ1) is 7.90. The predicted molar refractivity (Wildman–Crippen MR) is 65.7 cm³/mol. The first-order valence-corrected chi connectivity index (χ1v) is 10.2. The third-order valence-electron chi connectivity index (χ3n) is 1.75. The molecule has 1 aromatic rings. The van der Waals surface area contributed by atoms with E-state index in [4.69, 9.17) is 24.1 Å². The van der Waals surface area contributed by atoms with E-state index in [2.05, 4.69) is 0 Å². The van der Waals surface area contributed by atoms with Crippen LogP contribution in [0.5, 0.6) is 5.75 Å². The number of benzene rings is 1. The van der Waals surface area contributed by atoms with Gasteiger partial charge in [0.2, 0.25) is 0 Å². The van der Waals surface area contributed by atoms with E-state index in [0.717, 1.165) is 0 Å². The van der Waals surface area contributed by atoms with Gasteiger partial charge in [-0.1, -0.05) is 0 Å². The predicted octanol–water partition coefficient (Wildman–Crippen LogP) is 3.46. The molecule has 4 nitrogen and oxygen atoms in total. The Balaban J connectivity index is 3.21. The maximum atomic E-state index is 10.7. The summed E-state index contributed by atoms with van der Waals surface area (Å²) < 4.78 is 7.17. The normalized spacial score (nSPS) is 11.2. The Labute approximate surface area is 112 Å². The van der Waals surface area contributed by atoms with Gasteiger partial charge in [-0.2, -0.15) is 0 Å². The van der Waals surface area contributed by atoms with Crippen LogP contribution in [0.25, 0.3) is 0 Å². The van der Waals surface area contributed by atoms with Crippen LogP contribution >= 0.6 is 19.4 Å². The van der Waals surface area contributed by atoms with Crippen molar-refractivity contribution in [2.45, 2.75) is 20.0 Å². The molecule has 0 aliphatic rings. The molecule has 1 rings (SSSR count). The van der Waals surface area contributed by atoms with Crippen molar-refractivity contribution in [3.63, 3.8) is 0 Å². The molecule has 0 aliphatic carbocycles. The average Bonchev–Trinajstić information content (AvgIpc) is 2.18. The Hall–Kier alpha value is -0.507. The molecular formula is C10H11Cl2NO3Ru. The van der Waals surface area contributed by atoms with Crippen LogP contribution in [-0.4, -0.2) is 15.6 Å². The zero-order chi connectivity index (χ0) is 13.0. The van der Waals surface area contributed by atoms with Gasteiger partial charge in [0.05, 0.1) is 0 Å². The molecule has 0 radical (unpaired) electrons. The van der Waals surface area contributed by atoms with E-state index in [-0.39, 0.29) is 11.8 Å². The van der Waals surface area contributed by atoms with Gasteiger partial charge in [-0.05, 0) is 0 Å². The first-order valence-electron chi connectivity index (χ1n) is 4.68. The summed E-state index contributed by atoms with van der Waals surface area (Å²) in [6.07, 6.45) is -0.0186. The SMILES string of the molecule is CC(C)Oc1ccc([N+](=O)[O-])cc1[CH]=[Ru]([Cl])[Cl]. The topological polar surface area (TPSA) is 52.4 Å². The average molecular weight is 365 g/mol. The molecule has 0 N–H and O–H groups in total. The Morgan fingerprint density at radius 2 is 2.12 bits per heavy atom. The number of hydrogen-bond donors (Lipinski definition) is 0. The molecule has 0 aromatic heterocycles. The summed E-state index contributed by atoms with van der Waals surface area (Å²) in [6.45, 7) is 3.75. The molecule has 0 bridgehead atoms. The fourth-order valence-corrected chi connectivity index (χ4v) is 2.96. The number of ether oxygens (including phenoxy) is 1. The summed E-state index contributed by atoms with van der Waals surface area (Å²) in [5.41, 5.74) is 0.577. The van der Waals surface area contributed by atoms with Crippen molar-refractivity contribution in [1.29, 1.82) is 0 Å². The van der Waals surface area contributed by atoms with Crippen molar-refractivity contribution in [3.8, 4) is 5.75 Å². The minimum absolute atomic E-state index is 0.00360. The van der Waals surface area contributed by atoms with Crippen LogP contribution in [0.2, 0.25) is 0 Å². The number of halogens is 2. The third-order valence-corrected chi connectivity index (χ3v) is 3.59. The second kappa shape index (κ2) is 6.43. The van der Waals surface area contributed by atoms with E-state index in [1.165, 1.54) is 12.1 Å². The number of non-ortho nitro benzene ring substituents is 1. The van der Waals surface area contributed by atoms with Gasteiger partial charge in [-0.25, -0.2) is 0 Å². The van der Waals surface area contributed by atoms with Crippen LogP contribution in [0.1, 0.15) is 19.4 Å². The van der Waals surface area contributed by atoms with E-state index < -0.39 is 18.4 Å². The second-order valence-electron chi connectivity index (χ2n) is 3.45. The van der Waals surface area contributed by atoms with Gasteiger partial charge in [-0.3, -0.25) is 0 Å². The number of nitro benzene ring substituents is 1. The maximum absolute atomic E-state index is 10.7. The van der Waals surface area contributed by atoms with Gasteiger partial charge in [0.1, 0.15) is 0 Å². The van der Waals surface area contributed by atoms with Crippen LogP contribution in [0, 0.1) is 10.1 Å². The molecule has 1 aromatic carbocycles. The molecule has 96 valence electrons. The minimum atomic E-state index is -2.05. The molecule has 7 heteroatoms. The summed E-state index contributed by atoms with van der Waals surface area (Å²) in [7, 11) is 11.6.